The molecule has 0 heterocycles. The Morgan fingerprint density at radius 1 is 1.21 bits per heavy atom. The number of carbonyl (C=O) groups excluding carboxylic acids is 1. The molecule has 2 aromatic rings. The molecule has 0 aliphatic heterocycles. The minimum Gasteiger partial charge on any atom is -0.374 e. The van der Waals surface area contributed by atoms with Gasteiger partial charge in [-0.1, -0.05) is 29.3 Å². The maximum atomic E-state index is 11.9. The van der Waals surface area contributed by atoms with Gasteiger partial charge in [-0.2, -0.15) is 5.10 Å². The summed E-state index contributed by atoms with van der Waals surface area (Å²) in [5.41, 5.74) is 5.02. The molecule has 0 aliphatic carbocycles. The molecular formula is C16H13Br2Cl2N3O. The molecule has 1 amide bonds. The molecule has 0 spiro atoms. The summed E-state index contributed by atoms with van der Waals surface area (Å²) in [6.07, 6.45) is 1.47. The van der Waals surface area contributed by atoms with Crippen LogP contribution in [0.3, 0.4) is 0 Å². The van der Waals surface area contributed by atoms with Crippen molar-refractivity contribution in [2.24, 2.45) is 5.10 Å². The van der Waals surface area contributed by atoms with E-state index >= 15 is 0 Å². The van der Waals surface area contributed by atoms with Crippen molar-refractivity contribution in [1.82, 2.24) is 5.43 Å². The van der Waals surface area contributed by atoms with Crippen molar-refractivity contribution >= 4 is 72.9 Å². The molecule has 0 bridgehead atoms. The average Bonchev–Trinajstić information content (AvgIpc) is 2.48. The van der Waals surface area contributed by atoms with E-state index in [1.165, 1.54) is 6.21 Å². The highest BCUT2D eigenvalue weighted by Crippen LogP contribution is 2.32. The molecule has 4 nitrogen and oxygen atoms in total. The summed E-state index contributed by atoms with van der Waals surface area (Å²) in [5, 5.41) is 7.95. The minimum absolute atomic E-state index is 0.0753. The van der Waals surface area contributed by atoms with Gasteiger partial charge >= 0.3 is 0 Å². The molecule has 24 heavy (non-hydrogen) atoms. The predicted molar refractivity (Wildman–Crippen MR) is 107 cm³/mol. The summed E-state index contributed by atoms with van der Waals surface area (Å²) in [6.45, 7) is 2.06. The van der Waals surface area contributed by atoms with Crippen LogP contribution in [0.5, 0.6) is 0 Å². The fraction of sp³-hybridized carbons (Fsp3) is 0.125. The first kappa shape index (κ1) is 19.2. The Morgan fingerprint density at radius 2 is 1.88 bits per heavy atom. The number of nitrogens with zero attached hydrogens (tertiary/aromatic N) is 1. The number of benzene rings is 2. The first-order valence-electron chi connectivity index (χ1n) is 6.83. The molecule has 0 aromatic heterocycles. The number of rotatable bonds is 5. The summed E-state index contributed by atoms with van der Waals surface area (Å²) < 4.78 is 1.75. The average molecular weight is 494 g/mol. The number of aryl methyl sites for hydroxylation is 1. The van der Waals surface area contributed by atoms with Crippen molar-refractivity contribution in [3.63, 3.8) is 0 Å². The zero-order valence-corrected chi connectivity index (χ0v) is 17.2. The summed E-state index contributed by atoms with van der Waals surface area (Å²) >= 11 is 18.8. The number of hydrogen-bond acceptors (Lipinski definition) is 3. The fourth-order valence-electron chi connectivity index (χ4n) is 1.86. The van der Waals surface area contributed by atoms with Crippen LogP contribution < -0.4 is 10.7 Å². The van der Waals surface area contributed by atoms with E-state index in [2.05, 4.69) is 47.7 Å². The lowest BCUT2D eigenvalue weighted by molar-refractivity contribution is -0.119. The zero-order chi connectivity index (χ0) is 17.7. The van der Waals surface area contributed by atoms with Gasteiger partial charge in [0, 0.05) is 19.5 Å². The van der Waals surface area contributed by atoms with Crippen LogP contribution in [0.4, 0.5) is 5.69 Å². The molecular weight excluding hydrogens is 481 g/mol. The lowest BCUT2D eigenvalue weighted by Gasteiger charge is -2.11. The Balaban J connectivity index is 1.91. The van der Waals surface area contributed by atoms with E-state index in [0.29, 0.717) is 15.6 Å². The van der Waals surface area contributed by atoms with Gasteiger partial charge in [0.15, 0.2) is 0 Å². The van der Waals surface area contributed by atoms with Crippen LogP contribution in [-0.4, -0.2) is 18.7 Å². The lowest BCUT2D eigenvalue weighted by atomic mass is 10.2. The Labute approximate surface area is 166 Å². The number of carbonyl (C=O) groups is 1. The van der Waals surface area contributed by atoms with Crippen LogP contribution in [-0.2, 0) is 4.79 Å². The monoisotopic (exact) mass is 491 g/mol. The largest absolute Gasteiger partial charge is 0.374 e. The van der Waals surface area contributed by atoms with E-state index in [-0.39, 0.29) is 12.5 Å². The quantitative estimate of drug-likeness (QED) is 0.433. The smallest absolute Gasteiger partial charge is 0.259 e. The van der Waals surface area contributed by atoms with Gasteiger partial charge in [-0.15, -0.1) is 0 Å². The van der Waals surface area contributed by atoms with Crippen LogP contribution >= 0.6 is 55.1 Å². The topological polar surface area (TPSA) is 53.5 Å². The molecule has 2 N–H and O–H groups in total. The minimum atomic E-state index is -0.282. The second kappa shape index (κ2) is 8.85. The number of nitrogens with one attached hydrogen (secondary N) is 2. The van der Waals surface area contributed by atoms with Crippen LogP contribution in [0.25, 0.3) is 0 Å². The third-order valence-corrected chi connectivity index (χ3v) is 4.78. The molecule has 0 fully saturated rings. The first-order chi connectivity index (χ1) is 11.4. The van der Waals surface area contributed by atoms with E-state index in [4.69, 9.17) is 23.2 Å². The molecule has 2 aromatic carbocycles. The number of hydrazone groups is 1. The van der Waals surface area contributed by atoms with E-state index in [9.17, 15) is 4.79 Å². The van der Waals surface area contributed by atoms with Crippen LogP contribution in [0.2, 0.25) is 10.0 Å². The van der Waals surface area contributed by atoms with Gasteiger partial charge in [-0.3, -0.25) is 4.79 Å². The number of anilines is 1. The second-order valence-electron chi connectivity index (χ2n) is 4.92. The Kier molecular flexibility index (Phi) is 7.10. The fourth-order valence-corrected chi connectivity index (χ4v) is 4.01. The Hall–Kier alpha value is -1.08. The van der Waals surface area contributed by atoms with Crippen LogP contribution in [0.1, 0.15) is 11.1 Å². The zero-order valence-electron chi connectivity index (χ0n) is 12.5. The first-order valence-corrected chi connectivity index (χ1v) is 9.17. The van der Waals surface area contributed by atoms with E-state index in [0.717, 1.165) is 20.2 Å². The van der Waals surface area contributed by atoms with Crippen molar-refractivity contribution < 1.29 is 4.79 Å². The summed E-state index contributed by atoms with van der Waals surface area (Å²) in [7, 11) is 0. The maximum Gasteiger partial charge on any atom is 0.259 e. The molecule has 0 saturated heterocycles. The van der Waals surface area contributed by atoms with E-state index in [1.54, 1.807) is 18.2 Å². The molecule has 0 unspecified atom stereocenters. The van der Waals surface area contributed by atoms with Crippen molar-refractivity contribution in [3.05, 3.63) is 60.4 Å². The standard InChI is InChI=1S/C16H13Br2Cl2N3O/c1-9-4-12(17)16(13(18)5-9)21-8-15(24)23-22-7-10-2-3-11(19)6-14(10)20/h2-7,21H,8H2,1H3,(H,23,24)/b22-7-. The van der Waals surface area contributed by atoms with Crippen LogP contribution in [0.15, 0.2) is 44.4 Å². The second-order valence-corrected chi connectivity index (χ2v) is 7.47. The SMILES string of the molecule is Cc1cc(Br)c(NCC(=O)N/N=C\c2ccc(Cl)cc2Cl)c(Br)c1. The van der Waals surface area contributed by atoms with Gasteiger partial charge in [0.05, 0.1) is 23.5 Å². The van der Waals surface area contributed by atoms with Gasteiger partial charge in [0.1, 0.15) is 0 Å². The number of amides is 1. The number of hydrogen-bond donors (Lipinski definition) is 2. The third kappa shape index (κ3) is 5.48. The van der Waals surface area contributed by atoms with Crippen molar-refractivity contribution in [1.29, 1.82) is 0 Å². The van der Waals surface area contributed by atoms with Crippen LogP contribution in [0, 0.1) is 6.92 Å². The highest BCUT2D eigenvalue weighted by molar-refractivity contribution is 9.11. The summed E-state index contributed by atoms with van der Waals surface area (Å²) in [4.78, 5) is 11.9. The normalized spacial score (nSPS) is 10.9. The molecule has 0 radical (unpaired) electrons. The Bertz CT molecular complexity index is 774. The maximum absolute atomic E-state index is 11.9. The molecule has 126 valence electrons. The highest BCUT2D eigenvalue weighted by Gasteiger charge is 2.08. The van der Waals surface area contributed by atoms with E-state index < -0.39 is 0 Å². The lowest BCUT2D eigenvalue weighted by Crippen LogP contribution is -2.26. The molecule has 0 saturated carbocycles. The van der Waals surface area contributed by atoms with Crippen molar-refractivity contribution in [2.75, 3.05) is 11.9 Å². The third-order valence-electron chi connectivity index (χ3n) is 2.97. The molecule has 0 atom stereocenters. The van der Waals surface area contributed by atoms with Gasteiger partial charge < -0.3 is 5.32 Å². The van der Waals surface area contributed by atoms with Gasteiger partial charge in [-0.25, -0.2) is 5.43 Å². The number of halogens is 4. The van der Waals surface area contributed by atoms with Crippen molar-refractivity contribution in [3.8, 4) is 0 Å². The van der Waals surface area contributed by atoms with Gasteiger partial charge in [-0.05, 0) is 68.6 Å². The molecule has 0 aliphatic rings. The van der Waals surface area contributed by atoms with E-state index in [1.807, 2.05) is 19.1 Å². The predicted octanol–water partition coefficient (Wildman–Crippen LogP) is 5.39. The van der Waals surface area contributed by atoms with Gasteiger partial charge in [0.2, 0.25) is 0 Å². The van der Waals surface area contributed by atoms with Gasteiger partial charge in [0.25, 0.3) is 5.91 Å². The molecule has 2 rings (SSSR count). The van der Waals surface area contributed by atoms with Crippen molar-refractivity contribution in [2.45, 2.75) is 6.92 Å². The highest BCUT2D eigenvalue weighted by atomic mass is 79.9. The Morgan fingerprint density at radius 3 is 2.50 bits per heavy atom. The summed E-state index contributed by atoms with van der Waals surface area (Å²) in [6, 6.07) is 8.96. The summed E-state index contributed by atoms with van der Waals surface area (Å²) in [5.74, 6) is -0.282. The molecule has 8 heteroatoms.